The van der Waals surface area contributed by atoms with Gasteiger partial charge in [-0.3, -0.25) is 14.9 Å². The monoisotopic (exact) mass is 537 g/mol. The van der Waals surface area contributed by atoms with E-state index < -0.39 is 0 Å². The number of rotatable bonds is 8. The number of hydrogen-bond donors (Lipinski definition) is 3. The Bertz CT molecular complexity index is 1710. The minimum atomic E-state index is -0.0405. The molecule has 196 valence electrons. The molecule has 39 heavy (non-hydrogen) atoms. The van der Waals surface area contributed by atoms with Crippen LogP contribution in [-0.4, -0.2) is 36.0 Å². The Labute approximate surface area is 231 Å². The number of H-pyrrole nitrogens is 2. The number of aryl methyl sites for hydroxylation is 1. The van der Waals surface area contributed by atoms with Gasteiger partial charge in [-0.05, 0) is 42.7 Å². The van der Waals surface area contributed by atoms with Crippen LogP contribution in [0.3, 0.4) is 0 Å². The molecule has 9 heteroatoms. The SMILES string of the molecule is C=C/C=C(/c1cccc(Cl)c1)c1nc(-c2[nH]nc3ncc(-c4cncc(NC(=O)CC(C)C)c4)cc23)[nH]c1C. The van der Waals surface area contributed by atoms with E-state index in [1.807, 2.05) is 63.2 Å². The highest BCUT2D eigenvalue weighted by Crippen LogP contribution is 2.32. The molecule has 0 aliphatic carbocycles. The maximum Gasteiger partial charge on any atom is 0.224 e. The summed E-state index contributed by atoms with van der Waals surface area (Å²) in [6, 6.07) is 11.5. The van der Waals surface area contributed by atoms with Crippen molar-refractivity contribution < 1.29 is 4.79 Å². The molecule has 1 aromatic carbocycles. The van der Waals surface area contributed by atoms with E-state index in [9.17, 15) is 4.79 Å². The number of carbonyl (C=O) groups excluding carboxylic acids is 1. The smallest absolute Gasteiger partial charge is 0.224 e. The maximum atomic E-state index is 12.2. The van der Waals surface area contributed by atoms with Gasteiger partial charge in [0.25, 0.3) is 0 Å². The van der Waals surface area contributed by atoms with Crippen LogP contribution in [0.4, 0.5) is 5.69 Å². The molecule has 0 saturated heterocycles. The Morgan fingerprint density at radius 3 is 2.74 bits per heavy atom. The number of carbonyl (C=O) groups is 1. The minimum Gasteiger partial charge on any atom is -0.340 e. The average Bonchev–Trinajstić information content (AvgIpc) is 3.49. The van der Waals surface area contributed by atoms with Crippen molar-refractivity contribution in [2.75, 3.05) is 5.32 Å². The van der Waals surface area contributed by atoms with Crippen LogP contribution in [0.5, 0.6) is 0 Å². The van der Waals surface area contributed by atoms with Crippen molar-refractivity contribution in [3.05, 3.63) is 95.7 Å². The van der Waals surface area contributed by atoms with Crippen LogP contribution in [0, 0.1) is 12.8 Å². The van der Waals surface area contributed by atoms with Crippen molar-refractivity contribution in [3.8, 4) is 22.6 Å². The molecule has 0 bridgehead atoms. The first kappa shape index (κ1) is 26.1. The number of aromatic amines is 2. The van der Waals surface area contributed by atoms with E-state index in [-0.39, 0.29) is 11.8 Å². The second kappa shape index (κ2) is 11.0. The Morgan fingerprint density at radius 2 is 1.97 bits per heavy atom. The summed E-state index contributed by atoms with van der Waals surface area (Å²) in [4.78, 5) is 29.4. The molecule has 0 fully saturated rings. The van der Waals surface area contributed by atoms with Gasteiger partial charge in [-0.25, -0.2) is 9.97 Å². The normalized spacial score (nSPS) is 11.8. The van der Waals surface area contributed by atoms with E-state index in [2.05, 4.69) is 37.0 Å². The molecular formula is C30H28ClN7O. The molecule has 5 rings (SSSR count). The third kappa shape index (κ3) is 5.66. The molecule has 5 aromatic rings. The topological polar surface area (TPSA) is 112 Å². The van der Waals surface area contributed by atoms with Crippen molar-refractivity contribution in [3.63, 3.8) is 0 Å². The van der Waals surface area contributed by atoms with Crippen LogP contribution >= 0.6 is 11.6 Å². The summed E-state index contributed by atoms with van der Waals surface area (Å²) < 4.78 is 0. The molecule has 0 saturated carbocycles. The Kier molecular flexibility index (Phi) is 7.38. The Balaban J connectivity index is 1.51. The minimum absolute atomic E-state index is 0.0405. The third-order valence-corrected chi connectivity index (χ3v) is 6.39. The number of hydrogen-bond acceptors (Lipinski definition) is 5. The fourth-order valence-electron chi connectivity index (χ4n) is 4.41. The number of imidazole rings is 1. The predicted molar refractivity (Wildman–Crippen MR) is 156 cm³/mol. The van der Waals surface area contributed by atoms with Gasteiger partial charge in [-0.2, -0.15) is 5.10 Å². The Morgan fingerprint density at radius 1 is 1.15 bits per heavy atom. The van der Waals surface area contributed by atoms with Crippen molar-refractivity contribution in [1.29, 1.82) is 0 Å². The lowest BCUT2D eigenvalue weighted by molar-refractivity contribution is -0.116. The first-order valence-electron chi connectivity index (χ1n) is 12.6. The van der Waals surface area contributed by atoms with Gasteiger partial charge < -0.3 is 10.3 Å². The summed E-state index contributed by atoms with van der Waals surface area (Å²) in [5.41, 5.74) is 7.10. The zero-order valence-electron chi connectivity index (χ0n) is 21.9. The Hall–Kier alpha value is -4.56. The van der Waals surface area contributed by atoms with Crippen LogP contribution in [0.15, 0.2) is 73.7 Å². The quantitative estimate of drug-likeness (QED) is 0.185. The van der Waals surface area contributed by atoms with Gasteiger partial charge in [0.15, 0.2) is 11.5 Å². The summed E-state index contributed by atoms with van der Waals surface area (Å²) in [7, 11) is 0. The molecule has 0 radical (unpaired) electrons. The van der Waals surface area contributed by atoms with Gasteiger partial charge in [0.05, 0.1) is 23.0 Å². The van der Waals surface area contributed by atoms with Gasteiger partial charge in [-0.1, -0.05) is 56.3 Å². The van der Waals surface area contributed by atoms with Crippen molar-refractivity contribution in [1.82, 2.24) is 30.1 Å². The lowest BCUT2D eigenvalue weighted by Crippen LogP contribution is -2.13. The molecule has 1 amide bonds. The number of benzene rings is 1. The zero-order chi connectivity index (χ0) is 27.5. The largest absolute Gasteiger partial charge is 0.340 e. The average molecular weight is 538 g/mol. The van der Waals surface area contributed by atoms with E-state index in [0.29, 0.717) is 34.3 Å². The lowest BCUT2D eigenvalue weighted by atomic mass is 10.0. The fourth-order valence-corrected chi connectivity index (χ4v) is 4.60. The number of halogens is 1. The zero-order valence-corrected chi connectivity index (χ0v) is 22.7. The number of aromatic nitrogens is 6. The number of nitrogens with zero attached hydrogens (tertiary/aromatic N) is 4. The van der Waals surface area contributed by atoms with E-state index in [1.165, 1.54) is 0 Å². The molecule has 8 nitrogen and oxygen atoms in total. The molecule has 4 aromatic heterocycles. The molecule has 3 N–H and O–H groups in total. The van der Waals surface area contributed by atoms with Crippen LogP contribution in [0.1, 0.15) is 37.2 Å². The molecule has 4 heterocycles. The van der Waals surface area contributed by atoms with Crippen LogP contribution in [0.2, 0.25) is 5.02 Å². The van der Waals surface area contributed by atoms with Crippen LogP contribution in [-0.2, 0) is 4.79 Å². The summed E-state index contributed by atoms with van der Waals surface area (Å²) in [6.45, 7) is 9.86. The summed E-state index contributed by atoms with van der Waals surface area (Å²) in [6.07, 6.45) is 9.22. The van der Waals surface area contributed by atoms with Crippen molar-refractivity contribution in [2.24, 2.45) is 5.92 Å². The van der Waals surface area contributed by atoms with E-state index in [0.717, 1.165) is 39.0 Å². The maximum absolute atomic E-state index is 12.2. The van der Waals surface area contributed by atoms with E-state index >= 15 is 0 Å². The fraction of sp³-hybridized carbons (Fsp3) is 0.167. The van der Waals surface area contributed by atoms with Crippen molar-refractivity contribution in [2.45, 2.75) is 27.2 Å². The third-order valence-electron chi connectivity index (χ3n) is 6.16. The summed E-state index contributed by atoms with van der Waals surface area (Å²) in [5, 5.41) is 11.8. The highest BCUT2D eigenvalue weighted by Gasteiger charge is 2.18. The van der Waals surface area contributed by atoms with Gasteiger partial charge in [0.1, 0.15) is 5.69 Å². The summed E-state index contributed by atoms with van der Waals surface area (Å²) >= 11 is 6.26. The second-order valence-electron chi connectivity index (χ2n) is 9.69. The van der Waals surface area contributed by atoms with Crippen LogP contribution in [0.25, 0.3) is 39.3 Å². The molecule has 0 unspecified atom stereocenters. The number of allylic oxidation sites excluding steroid dienone is 2. The molecular weight excluding hydrogens is 510 g/mol. The molecule has 0 atom stereocenters. The first-order valence-corrected chi connectivity index (χ1v) is 13.0. The number of nitrogens with one attached hydrogen (secondary N) is 3. The number of fused-ring (bicyclic) bond motifs is 1. The molecule has 0 spiro atoms. The van der Waals surface area contributed by atoms with Gasteiger partial charge >= 0.3 is 0 Å². The highest BCUT2D eigenvalue weighted by atomic mass is 35.5. The standard InChI is InChI=1S/C30H28ClN7O/c1-5-7-24(19-8-6-9-22(31)11-19)27-18(4)34-30(36-27)28-25-13-21(15-33-29(25)38-37-28)20-12-23(16-32-14-20)35-26(39)10-17(2)3/h5-9,11-17H,1,10H2,2-4H3,(H,34,36)(H,35,39)(H,33,37,38)/b24-7-. The number of amides is 1. The predicted octanol–water partition coefficient (Wildman–Crippen LogP) is 6.97. The second-order valence-corrected chi connectivity index (χ2v) is 10.1. The van der Waals surface area contributed by atoms with Gasteiger partial charge in [0.2, 0.25) is 5.91 Å². The number of anilines is 1. The first-order chi connectivity index (χ1) is 18.8. The molecule has 0 aliphatic rings. The van der Waals surface area contributed by atoms with Crippen molar-refractivity contribution >= 4 is 39.8 Å². The van der Waals surface area contributed by atoms with Gasteiger partial charge in [0, 0.05) is 46.2 Å². The van der Waals surface area contributed by atoms with E-state index in [4.69, 9.17) is 16.6 Å². The molecule has 0 aliphatic heterocycles. The summed E-state index contributed by atoms with van der Waals surface area (Å²) in [5.74, 6) is 0.863. The van der Waals surface area contributed by atoms with Gasteiger partial charge in [-0.15, -0.1) is 0 Å². The highest BCUT2D eigenvalue weighted by molar-refractivity contribution is 6.30. The van der Waals surface area contributed by atoms with E-state index in [1.54, 1.807) is 24.7 Å². The van der Waals surface area contributed by atoms with Crippen LogP contribution < -0.4 is 5.32 Å². The number of pyridine rings is 2. The lowest BCUT2D eigenvalue weighted by Gasteiger charge is -2.08.